The number of hydrogen-bond donors (Lipinski definition) is 1. The Morgan fingerprint density at radius 1 is 1.18 bits per heavy atom. The van der Waals surface area contributed by atoms with E-state index >= 15 is 0 Å². The third-order valence-corrected chi connectivity index (χ3v) is 4.68. The monoisotopic (exact) mass is 330 g/mol. The molecule has 3 heterocycles. The minimum Gasteiger partial charge on any atom is -0.459 e. The van der Waals surface area contributed by atoms with Gasteiger partial charge < -0.3 is 8.83 Å². The SMILES string of the molecule is CSc1cccc2sc(Nc3nnc(-c4ccco4)o3)nc12. The summed E-state index contributed by atoms with van der Waals surface area (Å²) in [5.74, 6) is 0.868. The molecule has 3 aromatic heterocycles. The quantitative estimate of drug-likeness (QED) is 0.555. The van der Waals surface area contributed by atoms with E-state index in [0.717, 1.165) is 15.1 Å². The van der Waals surface area contributed by atoms with Gasteiger partial charge in [-0.15, -0.1) is 16.9 Å². The fourth-order valence-electron chi connectivity index (χ4n) is 2.01. The van der Waals surface area contributed by atoms with Crippen molar-refractivity contribution in [3.8, 4) is 11.7 Å². The van der Waals surface area contributed by atoms with E-state index in [1.54, 1.807) is 41.5 Å². The number of anilines is 2. The molecule has 1 N–H and O–H groups in total. The Morgan fingerprint density at radius 3 is 2.95 bits per heavy atom. The summed E-state index contributed by atoms with van der Waals surface area (Å²) in [5.41, 5.74) is 0.980. The van der Waals surface area contributed by atoms with Gasteiger partial charge in [0.1, 0.15) is 0 Å². The van der Waals surface area contributed by atoms with Crippen molar-refractivity contribution in [3.63, 3.8) is 0 Å². The average Bonchev–Trinajstić information content (AvgIpc) is 3.26. The largest absolute Gasteiger partial charge is 0.459 e. The summed E-state index contributed by atoms with van der Waals surface area (Å²) >= 11 is 3.21. The van der Waals surface area contributed by atoms with Crippen molar-refractivity contribution >= 4 is 44.5 Å². The van der Waals surface area contributed by atoms with Crippen LogP contribution in [0.3, 0.4) is 0 Å². The smallest absolute Gasteiger partial charge is 0.322 e. The van der Waals surface area contributed by atoms with Crippen LogP contribution in [0.15, 0.2) is 50.3 Å². The van der Waals surface area contributed by atoms with Gasteiger partial charge in [0, 0.05) is 4.90 Å². The molecule has 0 aliphatic rings. The summed E-state index contributed by atoms with van der Waals surface area (Å²) in [7, 11) is 0. The minimum atomic E-state index is 0.288. The molecule has 0 aliphatic carbocycles. The molecule has 0 radical (unpaired) electrons. The zero-order chi connectivity index (χ0) is 14.9. The van der Waals surface area contributed by atoms with Gasteiger partial charge in [-0.25, -0.2) is 4.98 Å². The van der Waals surface area contributed by atoms with E-state index in [2.05, 4.69) is 26.6 Å². The van der Waals surface area contributed by atoms with Crippen LogP contribution in [0.1, 0.15) is 0 Å². The number of aromatic nitrogens is 3. The van der Waals surface area contributed by atoms with Crippen molar-refractivity contribution in [2.45, 2.75) is 4.90 Å². The number of fused-ring (bicyclic) bond motifs is 1. The molecule has 0 aliphatic heterocycles. The van der Waals surface area contributed by atoms with Gasteiger partial charge in [-0.2, -0.15) is 0 Å². The number of hydrogen-bond acceptors (Lipinski definition) is 8. The average molecular weight is 330 g/mol. The van der Waals surface area contributed by atoms with Crippen molar-refractivity contribution in [2.75, 3.05) is 11.6 Å². The van der Waals surface area contributed by atoms with Gasteiger partial charge >= 0.3 is 6.01 Å². The molecule has 8 heteroatoms. The number of furan rings is 1. The number of nitrogens with zero attached hydrogens (tertiary/aromatic N) is 3. The molecular formula is C14H10N4O2S2. The molecule has 6 nitrogen and oxygen atoms in total. The first-order valence-electron chi connectivity index (χ1n) is 6.41. The molecule has 0 amide bonds. The number of rotatable bonds is 4. The van der Waals surface area contributed by atoms with E-state index in [-0.39, 0.29) is 6.01 Å². The predicted molar refractivity (Wildman–Crippen MR) is 86.7 cm³/mol. The Bertz CT molecular complexity index is 914. The molecular weight excluding hydrogens is 320 g/mol. The molecule has 22 heavy (non-hydrogen) atoms. The first kappa shape index (κ1) is 13.4. The van der Waals surface area contributed by atoms with E-state index in [0.29, 0.717) is 16.8 Å². The molecule has 0 atom stereocenters. The van der Waals surface area contributed by atoms with Gasteiger partial charge in [-0.1, -0.05) is 22.5 Å². The molecule has 110 valence electrons. The maximum atomic E-state index is 5.52. The van der Waals surface area contributed by atoms with Gasteiger partial charge in [-0.05, 0) is 30.5 Å². The van der Waals surface area contributed by atoms with Crippen LogP contribution in [-0.2, 0) is 0 Å². The number of nitrogens with one attached hydrogen (secondary N) is 1. The number of benzene rings is 1. The maximum absolute atomic E-state index is 5.52. The normalized spacial score (nSPS) is 11.1. The molecule has 0 spiro atoms. The second-order valence-corrected chi connectivity index (χ2v) is 6.22. The highest BCUT2D eigenvalue weighted by molar-refractivity contribution is 7.98. The first-order chi connectivity index (χ1) is 10.8. The minimum absolute atomic E-state index is 0.288. The van der Waals surface area contributed by atoms with Gasteiger partial charge in [-0.3, -0.25) is 5.32 Å². The maximum Gasteiger partial charge on any atom is 0.322 e. The Hall–Kier alpha value is -2.32. The van der Waals surface area contributed by atoms with Crippen molar-refractivity contribution < 1.29 is 8.83 Å². The molecule has 4 aromatic rings. The van der Waals surface area contributed by atoms with Gasteiger partial charge in [0.2, 0.25) is 0 Å². The van der Waals surface area contributed by atoms with Crippen LogP contribution >= 0.6 is 23.1 Å². The van der Waals surface area contributed by atoms with Crippen LogP contribution in [0.5, 0.6) is 0 Å². The van der Waals surface area contributed by atoms with Crippen molar-refractivity contribution in [3.05, 3.63) is 36.6 Å². The number of thiazole rings is 1. The van der Waals surface area contributed by atoms with E-state index in [9.17, 15) is 0 Å². The number of thioether (sulfide) groups is 1. The molecule has 1 aromatic carbocycles. The molecule has 4 rings (SSSR count). The van der Waals surface area contributed by atoms with E-state index in [1.807, 2.05) is 18.4 Å². The third kappa shape index (κ3) is 2.36. The van der Waals surface area contributed by atoms with Gasteiger partial charge in [0.05, 0.1) is 16.5 Å². The highest BCUT2D eigenvalue weighted by Gasteiger charge is 2.13. The van der Waals surface area contributed by atoms with Crippen LogP contribution in [0.2, 0.25) is 0 Å². The lowest BCUT2D eigenvalue weighted by atomic mass is 10.3. The van der Waals surface area contributed by atoms with Crippen LogP contribution in [0.25, 0.3) is 21.9 Å². The highest BCUT2D eigenvalue weighted by Crippen LogP contribution is 2.33. The third-order valence-electron chi connectivity index (χ3n) is 2.97. The summed E-state index contributed by atoms with van der Waals surface area (Å²) in [6.45, 7) is 0. The molecule has 0 saturated carbocycles. The lowest BCUT2D eigenvalue weighted by Crippen LogP contribution is -1.88. The lowest BCUT2D eigenvalue weighted by Gasteiger charge is -1.95. The fraction of sp³-hybridized carbons (Fsp3) is 0.0714. The van der Waals surface area contributed by atoms with Crippen LogP contribution in [0, 0.1) is 0 Å². The first-order valence-corrected chi connectivity index (χ1v) is 8.45. The zero-order valence-electron chi connectivity index (χ0n) is 11.4. The van der Waals surface area contributed by atoms with Gasteiger partial charge in [0.15, 0.2) is 10.9 Å². The predicted octanol–water partition coefficient (Wildman–Crippen LogP) is 4.40. The Morgan fingerprint density at radius 2 is 2.14 bits per heavy atom. The summed E-state index contributed by atoms with van der Waals surface area (Å²) in [5, 5.41) is 11.7. The summed E-state index contributed by atoms with van der Waals surface area (Å²) in [6.07, 6.45) is 3.60. The second kappa shape index (κ2) is 5.47. The van der Waals surface area contributed by atoms with Crippen LogP contribution in [0.4, 0.5) is 11.1 Å². The summed E-state index contributed by atoms with van der Waals surface area (Å²) < 4.78 is 11.9. The Balaban J connectivity index is 1.64. The van der Waals surface area contributed by atoms with Crippen LogP contribution in [-0.4, -0.2) is 21.4 Å². The number of para-hydroxylation sites is 1. The summed E-state index contributed by atoms with van der Waals surface area (Å²) in [4.78, 5) is 5.73. The standard InChI is InChI=1S/C14H10N4O2S2/c1-21-9-5-2-6-10-11(9)15-14(22-10)16-13-18-17-12(20-13)8-4-3-7-19-8/h2-7H,1H3,(H,15,16,18). The van der Waals surface area contributed by atoms with E-state index in [4.69, 9.17) is 8.83 Å². The lowest BCUT2D eigenvalue weighted by molar-refractivity contribution is 0.524. The highest BCUT2D eigenvalue weighted by atomic mass is 32.2. The fourth-order valence-corrected chi connectivity index (χ4v) is 3.52. The van der Waals surface area contributed by atoms with Gasteiger partial charge in [0.25, 0.3) is 5.89 Å². The zero-order valence-corrected chi connectivity index (χ0v) is 13.1. The Labute approximate surface area is 133 Å². The topological polar surface area (TPSA) is 77.0 Å². The second-order valence-electron chi connectivity index (χ2n) is 4.34. The van der Waals surface area contributed by atoms with E-state index < -0.39 is 0 Å². The van der Waals surface area contributed by atoms with Crippen molar-refractivity contribution in [2.24, 2.45) is 0 Å². The van der Waals surface area contributed by atoms with E-state index in [1.165, 1.54) is 0 Å². The summed E-state index contributed by atoms with van der Waals surface area (Å²) in [6, 6.07) is 9.94. The molecule has 0 bridgehead atoms. The molecule has 0 unspecified atom stereocenters. The molecule has 0 fully saturated rings. The van der Waals surface area contributed by atoms with Crippen molar-refractivity contribution in [1.82, 2.24) is 15.2 Å². The molecule has 0 saturated heterocycles. The Kier molecular flexibility index (Phi) is 3.32. The van der Waals surface area contributed by atoms with Crippen molar-refractivity contribution in [1.29, 1.82) is 0 Å². The van der Waals surface area contributed by atoms with Crippen LogP contribution < -0.4 is 5.32 Å².